The zero-order valence-electron chi connectivity index (χ0n) is 15.6. The van der Waals surface area contributed by atoms with Gasteiger partial charge in [0.05, 0.1) is 7.11 Å². The fourth-order valence-corrected chi connectivity index (χ4v) is 3.91. The Morgan fingerprint density at radius 2 is 2.00 bits per heavy atom. The van der Waals surface area contributed by atoms with E-state index in [9.17, 15) is 13.2 Å². The van der Waals surface area contributed by atoms with Gasteiger partial charge in [0.25, 0.3) is 10.0 Å². The standard InChI is InChI=1S/C18H19N5O4S/c1-4-23-18(19-21-22-23)14-8-9-16(27-3)17(11-14)28(25,26)20-15-7-5-6-13(10-15)12(2)24/h5-11,20H,4H2,1-3H3. The van der Waals surface area contributed by atoms with Gasteiger partial charge in [0.2, 0.25) is 0 Å². The van der Waals surface area contributed by atoms with Gasteiger partial charge < -0.3 is 4.74 Å². The van der Waals surface area contributed by atoms with Gasteiger partial charge in [-0.25, -0.2) is 13.1 Å². The molecule has 0 spiro atoms. The number of hydrogen-bond acceptors (Lipinski definition) is 7. The third-order valence-corrected chi connectivity index (χ3v) is 5.47. The van der Waals surface area contributed by atoms with E-state index in [1.807, 2.05) is 6.92 Å². The quantitative estimate of drug-likeness (QED) is 0.604. The van der Waals surface area contributed by atoms with Crippen molar-refractivity contribution < 1.29 is 17.9 Å². The Labute approximate surface area is 162 Å². The molecule has 3 rings (SSSR count). The van der Waals surface area contributed by atoms with Crippen molar-refractivity contribution in [1.82, 2.24) is 20.2 Å². The van der Waals surface area contributed by atoms with Crippen molar-refractivity contribution in [3.8, 4) is 17.1 Å². The van der Waals surface area contributed by atoms with Crippen LogP contribution in [0.5, 0.6) is 5.75 Å². The Kier molecular flexibility index (Phi) is 5.41. The second-order valence-electron chi connectivity index (χ2n) is 5.93. The summed E-state index contributed by atoms with van der Waals surface area (Å²) < 4.78 is 35.3. The van der Waals surface area contributed by atoms with Gasteiger partial charge in [-0.1, -0.05) is 12.1 Å². The van der Waals surface area contributed by atoms with Crippen LogP contribution in [0.2, 0.25) is 0 Å². The van der Waals surface area contributed by atoms with E-state index in [1.54, 1.807) is 35.0 Å². The van der Waals surface area contributed by atoms with Crippen LogP contribution < -0.4 is 9.46 Å². The van der Waals surface area contributed by atoms with Crippen molar-refractivity contribution in [2.45, 2.75) is 25.3 Å². The topological polar surface area (TPSA) is 116 Å². The number of nitrogens with zero attached hydrogens (tertiary/aromatic N) is 4. The van der Waals surface area contributed by atoms with Gasteiger partial charge in [-0.2, -0.15) is 0 Å². The SMILES string of the molecule is CCn1nnnc1-c1ccc(OC)c(S(=O)(=O)Nc2cccc(C(C)=O)c2)c1. The summed E-state index contributed by atoms with van der Waals surface area (Å²) in [5, 5.41) is 11.5. The van der Waals surface area contributed by atoms with Crippen LogP contribution in [-0.2, 0) is 16.6 Å². The summed E-state index contributed by atoms with van der Waals surface area (Å²) in [5.74, 6) is 0.460. The number of methoxy groups -OCH3 is 1. The Morgan fingerprint density at radius 3 is 2.68 bits per heavy atom. The molecule has 146 valence electrons. The summed E-state index contributed by atoms with van der Waals surface area (Å²) in [6.45, 7) is 3.83. The number of anilines is 1. The molecule has 2 aromatic carbocycles. The zero-order chi connectivity index (χ0) is 20.3. The fourth-order valence-electron chi connectivity index (χ4n) is 2.66. The number of aromatic nitrogens is 4. The van der Waals surface area contributed by atoms with Gasteiger partial charge >= 0.3 is 0 Å². The smallest absolute Gasteiger partial charge is 0.265 e. The molecule has 0 atom stereocenters. The second kappa shape index (κ2) is 7.77. The molecule has 0 saturated heterocycles. The van der Waals surface area contributed by atoms with Crippen molar-refractivity contribution in [2.24, 2.45) is 0 Å². The average molecular weight is 401 g/mol. The number of aryl methyl sites for hydroxylation is 1. The van der Waals surface area contributed by atoms with E-state index in [4.69, 9.17) is 4.74 Å². The molecule has 0 amide bonds. The number of ketones is 1. The van der Waals surface area contributed by atoms with Crippen LogP contribution in [0.25, 0.3) is 11.4 Å². The normalized spacial score (nSPS) is 11.2. The van der Waals surface area contributed by atoms with Gasteiger partial charge in [-0.3, -0.25) is 9.52 Å². The molecule has 0 unspecified atom stereocenters. The lowest BCUT2D eigenvalue weighted by Crippen LogP contribution is -2.15. The molecule has 0 aliphatic carbocycles. The maximum Gasteiger partial charge on any atom is 0.265 e. The molecule has 0 saturated carbocycles. The molecule has 1 N–H and O–H groups in total. The Morgan fingerprint density at radius 1 is 1.21 bits per heavy atom. The summed E-state index contributed by atoms with van der Waals surface area (Å²) in [6, 6.07) is 11.0. The van der Waals surface area contributed by atoms with Crippen LogP contribution in [0, 0.1) is 0 Å². The minimum Gasteiger partial charge on any atom is -0.495 e. The van der Waals surface area contributed by atoms with Crippen molar-refractivity contribution >= 4 is 21.5 Å². The number of benzene rings is 2. The second-order valence-corrected chi connectivity index (χ2v) is 7.58. The van der Waals surface area contributed by atoms with Crippen LogP contribution in [0.3, 0.4) is 0 Å². The Bertz CT molecular complexity index is 1120. The van der Waals surface area contributed by atoms with Crippen LogP contribution in [0.15, 0.2) is 47.4 Å². The number of carbonyl (C=O) groups excluding carboxylic acids is 1. The molecule has 1 aromatic heterocycles. The fraction of sp³-hybridized carbons (Fsp3) is 0.222. The number of sulfonamides is 1. The molecular weight excluding hydrogens is 382 g/mol. The molecule has 3 aromatic rings. The average Bonchev–Trinajstić information content (AvgIpc) is 3.16. The predicted octanol–water partition coefficient (Wildman–Crippen LogP) is 2.37. The maximum atomic E-state index is 13.0. The maximum absolute atomic E-state index is 13.0. The van der Waals surface area contributed by atoms with Crippen molar-refractivity contribution in [3.63, 3.8) is 0 Å². The lowest BCUT2D eigenvalue weighted by molar-refractivity contribution is 0.101. The van der Waals surface area contributed by atoms with Crippen molar-refractivity contribution in [2.75, 3.05) is 11.8 Å². The molecule has 0 bridgehead atoms. The third-order valence-electron chi connectivity index (χ3n) is 4.06. The molecule has 9 nitrogen and oxygen atoms in total. The van der Waals surface area contributed by atoms with E-state index in [2.05, 4.69) is 20.2 Å². The number of carbonyl (C=O) groups is 1. The molecule has 1 heterocycles. The number of Topliss-reactive ketones (excluding diaryl/α,β-unsaturated/α-hetero) is 1. The van der Waals surface area contributed by atoms with Gasteiger partial charge in [-0.15, -0.1) is 5.10 Å². The lowest BCUT2D eigenvalue weighted by atomic mass is 10.1. The number of hydrogen-bond donors (Lipinski definition) is 1. The number of nitrogens with one attached hydrogen (secondary N) is 1. The van der Waals surface area contributed by atoms with E-state index in [0.29, 0.717) is 23.5 Å². The van der Waals surface area contributed by atoms with E-state index >= 15 is 0 Å². The highest BCUT2D eigenvalue weighted by Gasteiger charge is 2.22. The summed E-state index contributed by atoms with van der Waals surface area (Å²) in [7, 11) is -2.61. The van der Waals surface area contributed by atoms with Crippen molar-refractivity contribution in [1.29, 1.82) is 0 Å². The highest BCUT2D eigenvalue weighted by atomic mass is 32.2. The minimum absolute atomic E-state index is 0.0635. The van der Waals surface area contributed by atoms with E-state index in [-0.39, 0.29) is 22.1 Å². The molecule has 28 heavy (non-hydrogen) atoms. The molecule has 0 aliphatic heterocycles. The number of ether oxygens (including phenoxy) is 1. The molecule has 0 fully saturated rings. The van der Waals surface area contributed by atoms with Crippen LogP contribution in [0.4, 0.5) is 5.69 Å². The largest absolute Gasteiger partial charge is 0.495 e. The first-order valence-corrected chi connectivity index (χ1v) is 9.92. The monoisotopic (exact) mass is 401 g/mol. The third kappa shape index (κ3) is 3.86. The Hall–Kier alpha value is -3.27. The molecule has 10 heteroatoms. The summed E-state index contributed by atoms with van der Waals surface area (Å²) >= 11 is 0. The van der Waals surface area contributed by atoms with Gasteiger partial charge in [-0.05, 0) is 54.6 Å². The highest BCUT2D eigenvalue weighted by Crippen LogP contribution is 2.30. The number of rotatable bonds is 7. The van der Waals surface area contributed by atoms with Gasteiger partial charge in [0.1, 0.15) is 10.6 Å². The van der Waals surface area contributed by atoms with E-state index in [0.717, 1.165) is 0 Å². The Balaban J connectivity index is 2.04. The van der Waals surface area contributed by atoms with Crippen LogP contribution in [-0.4, -0.2) is 41.5 Å². The van der Waals surface area contributed by atoms with E-state index in [1.165, 1.54) is 26.2 Å². The van der Waals surface area contributed by atoms with Crippen molar-refractivity contribution in [3.05, 3.63) is 48.0 Å². The first-order valence-electron chi connectivity index (χ1n) is 8.44. The minimum atomic E-state index is -4.00. The first kappa shape index (κ1) is 19.5. The zero-order valence-corrected chi connectivity index (χ0v) is 16.4. The molecule has 0 radical (unpaired) electrons. The van der Waals surface area contributed by atoms with Gasteiger partial charge in [0, 0.05) is 23.4 Å². The first-order chi connectivity index (χ1) is 13.4. The summed E-state index contributed by atoms with van der Waals surface area (Å²) in [4.78, 5) is 11.5. The van der Waals surface area contributed by atoms with Crippen LogP contribution in [0.1, 0.15) is 24.2 Å². The number of tetrazole rings is 1. The summed E-state index contributed by atoms with van der Waals surface area (Å²) in [6.07, 6.45) is 0. The molecule has 0 aliphatic rings. The predicted molar refractivity (Wildman–Crippen MR) is 103 cm³/mol. The highest BCUT2D eigenvalue weighted by molar-refractivity contribution is 7.92. The summed E-state index contributed by atoms with van der Waals surface area (Å²) in [5.41, 5.74) is 1.21. The van der Waals surface area contributed by atoms with E-state index < -0.39 is 10.0 Å². The lowest BCUT2D eigenvalue weighted by Gasteiger charge is -2.13. The van der Waals surface area contributed by atoms with Gasteiger partial charge in [0.15, 0.2) is 11.6 Å². The molecular formula is C18H19N5O4S. The van der Waals surface area contributed by atoms with Crippen LogP contribution >= 0.6 is 0 Å².